The van der Waals surface area contributed by atoms with Crippen molar-refractivity contribution in [2.24, 2.45) is 16.1 Å². The van der Waals surface area contributed by atoms with Gasteiger partial charge >= 0.3 is 0 Å². The standard InChI is InChI=1S/C15H21N3.HI/c1-10(2)11-4-3-5-12(8-11)17-14(16)18-13-9-15(13)6-7-15;/h3-5,8,10,13H,6-7,9H2,1-2H3,(H3,16,17,18);1H. The molecular weight excluding hydrogens is 349 g/mol. The first-order chi connectivity index (χ1) is 8.59. The van der Waals surface area contributed by atoms with Crippen molar-refractivity contribution in [2.45, 2.75) is 45.1 Å². The molecule has 2 saturated carbocycles. The van der Waals surface area contributed by atoms with Crippen molar-refractivity contribution in [3.05, 3.63) is 29.8 Å². The highest BCUT2D eigenvalue weighted by molar-refractivity contribution is 14.0. The van der Waals surface area contributed by atoms with Crippen LogP contribution in [0, 0.1) is 5.41 Å². The van der Waals surface area contributed by atoms with E-state index < -0.39 is 0 Å². The van der Waals surface area contributed by atoms with Crippen molar-refractivity contribution in [1.82, 2.24) is 0 Å². The van der Waals surface area contributed by atoms with Crippen molar-refractivity contribution in [3.8, 4) is 0 Å². The summed E-state index contributed by atoms with van der Waals surface area (Å²) < 4.78 is 0. The van der Waals surface area contributed by atoms with Gasteiger partial charge in [0.15, 0.2) is 5.96 Å². The van der Waals surface area contributed by atoms with Gasteiger partial charge in [0.05, 0.1) is 6.04 Å². The minimum Gasteiger partial charge on any atom is -0.370 e. The Morgan fingerprint density at radius 2 is 2.16 bits per heavy atom. The number of nitrogens with one attached hydrogen (secondary N) is 1. The Morgan fingerprint density at radius 3 is 2.74 bits per heavy atom. The average molecular weight is 371 g/mol. The van der Waals surface area contributed by atoms with Crippen molar-refractivity contribution in [2.75, 3.05) is 5.32 Å². The number of aliphatic imine (C=N–C) groups is 1. The van der Waals surface area contributed by atoms with E-state index in [1.54, 1.807) is 0 Å². The van der Waals surface area contributed by atoms with E-state index in [2.05, 4.69) is 42.4 Å². The molecule has 0 radical (unpaired) electrons. The maximum Gasteiger partial charge on any atom is 0.193 e. The molecule has 3 nitrogen and oxygen atoms in total. The minimum absolute atomic E-state index is 0. The largest absolute Gasteiger partial charge is 0.370 e. The topological polar surface area (TPSA) is 50.4 Å². The van der Waals surface area contributed by atoms with Crippen LogP contribution in [0.15, 0.2) is 29.3 Å². The summed E-state index contributed by atoms with van der Waals surface area (Å²) in [6.07, 6.45) is 3.93. The molecule has 1 aromatic carbocycles. The highest BCUT2D eigenvalue weighted by atomic mass is 127. The van der Waals surface area contributed by atoms with Crippen LogP contribution in [-0.2, 0) is 0 Å². The van der Waals surface area contributed by atoms with Gasteiger partial charge in [-0.1, -0.05) is 26.0 Å². The summed E-state index contributed by atoms with van der Waals surface area (Å²) in [5.41, 5.74) is 8.89. The molecule has 104 valence electrons. The first kappa shape index (κ1) is 14.6. The third-order valence-electron chi connectivity index (χ3n) is 4.16. The summed E-state index contributed by atoms with van der Waals surface area (Å²) in [5.74, 6) is 1.09. The summed E-state index contributed by atoms with van der Waals surface area (Å²) in [6.45, 7) is 4.38. The van der Waals surface area contributed by atoms with Crippen molar-refractivity contribution in [3.63, 3.8) is 0 Å². The molecule has 1 spiro atoms. The zero-order valence-corrected chi connectivity index (χ0v) is 13.8. The van der Waals surface area contributed by atoms with E-state index >= 15 is 0 Å². The number of nitrogens with zero attached hydrogens (tertiary/aromatic N) is 1. The van der Waals surface area contributed by atoms with Crippen LogP contribution in [-0.4, -0.2) is 12.0 Å². The minimum atomic E-state index is 0. The Bertz CT molecular complexity index is 492. The van der Waals surface area contributed by atoms with Gasteiger partial charge in [0.2, 0.25) is 0 Å². The second kappa shape index (κ2) is 5.31. The smallest absolute Gasteiger partial charge is 0.193 e. The van der Waals surface area contributed by atoms with E-state index in [0.29, 0.717) is 23.3 Å². The van der Waals surface area contributed by atoms with Crippen molar-refractivity contribution < 1.29 is 0 Å². The summed E-state index contributed by atoms with van der Waals surface area (Å²) in [6, 6.07) is 8.87. The molecule has 2 aliphatic carbocycles. The van der Waals surface area contributed by atoms with Crippen LogP contribution in [0.2, 0.25) is 0 Å². The van der Waals surface area contributed by atoms with Crippen LogP contribution in [0.3, 0.4) is 0 Å². The number of hydrogen-bond acceptors (Lipinski definition) is 1. The Morgan fingerprint density at radius 1 is 1.42 bits per heavy atom. The molecule has 0 saturated heterocycles. The predicted molar refractivity (Wildman–Crippen MR) is 91.3 cm³/mol. The third kappa shape index (κ3) is 3.22. The van der Waals surface area contributed by atoms with Crippen molar-refractivity contribution >= 4 is 35.6 Å². The number of hydrogen-bond donors (Lipinski definition) is 2. The Kier molecular flexibility index (Phi) is 4.08. The summed E-state index contributed by atoms with van der Waals surface area (Å²) in [4.78, 5) is 4.56. The molecule has 19 heavy (non-hydrogen) atoms. The fourth-order valence-electron chi connectivity index (χ4n) is 2.53. The van der Waals surface area contributed by atoms with Crippen LogP contribution in [0.4, 0.5) is 5.69 Å². The van der Waals surface area contributed by atoms with Crippen LogP contribution < -0.4 is 11.1 Å². The lowest BCUT2D eigenvalue weighted by Gasteiger charge is -2.09. The molecule has 2 aliphatic rings. The summed E-state index contributed by atoms with van der Waals surface area (Å²) in [7, 11) is 0. The highest BCUT2D eigenvalue weighted by Gasteiger charge is 2.63. The molecule has 3 N–H and O–H groups in total. The Hall–Kier alpha value is -0.780. The van der Waals surface area contributed by atoms with Gasteiger partial charge in [-0.05, 0) is 48.3 Å². The lowest BCUT2D eigenvalue weighted by atomic mass is 10.0. The second-order valence-electron chi connectivity index (χ2n) is 6.00. The molecule has 0 aliphatic heterocycles. The lowest BCUT2D eigenvalue weighted by molar-refractivity contribution is 0.825. The molecule has 3 rings (SSSR count). The van der Waals surface area contributed by atoms with E-state index in [0.717, 1.165) is 5.69 Å². The van der Waals surface area contributed by atoms with Crippen LogP contribution in [0.1, 0.15) is 44.6 Å². The van der Waals surface area contributed by atoms with Gasteiger partial charge in [0.25, 0.3) is 0 Å². The first-order valence-electron chi connectivity index (χ1n) is 6.79. The number of benzene rings is 1. The third-order valence-corrected chi connectivity index (χ3v) is 4.16. The quantitative estimate of drug-likeness (QED) is 0.484. The van der Waals surface area contributed by atoms with Crippen LogP contribution in [0.5, 0.6) is 0 Å². The fourth-order valence-corrected chi connectivity index (χ4v) is 2.53. The molecule has 0 amide bonds. The van der Waals surface area contributed by atoms with E-state index in [4.69, 9.17) is 5.73 Å². The summed E-state index contributed by atoms with van der Waals surface area (Å²) in [5, 5.41) is 3.20. The molecule has 2 fully saturated rings. The first-order valence-corrected chi connectivity index (χ1v) is 6.79. The van der Waals surface area contributed by atoms with E-state index in [9.17, 15) is 0 Å². The van der Waals surface area contributed by atoms with E-state index in [1.165, 1.54) is 24.8 Å². The number of rotatable bonds is 3. The van der Waals surface area contributed by atoms with Gasteiger partial charge in [0.1, 0.15) is 0 Å². The Labute approximate surface area is 132 Å². The maximum absolute atomic E-state index is 5.96. The lowest BCUT2D eigenvalue weighted by Crippen LogP contribution is -2.23. The van der Waals surface area contributed by atoms with Gasteiger partial charge in [-0.15, -0.1) is 24.0 Å². The molecule has 0 aromatic heterocycles. The van der Waals surface area contributed by atoms with Crippen LogP contribution in [0.25, 0.3) is 0 Å². The zero-order chi connectivity index (χ0) is 12.8. The van der Waals surface area contributed by atoms with E-state index in [-0.39, 0.29) is 24.0 Å². The molecule has 4 heteroatoms. The monoisotopic (exact) mass is 371 g/mol. The summed E-state index contributed by atoms with van der Waals surface area (Å²) >= 11 is 0. The molecule has 0 bridgehead atoms. The normalized spacial score (nSPS) is 23.1. The fraction of sp³-hybridized carbons (Fsp3) is 0.533. The van der Waals surface area contributed by atoms with E-state index in [1.807, 2.05) is 6.07 Å². The predicted octanol–water partition coefficient (Wildman–Crippen LogP) is 3.71. The maximum atomic E-state index is 5.96. The number of halogens is 1. The van der Waals surface area contributed by atoms with Gasteiger partial charge in [-0.3, -0.25) is 0 Å². The average Bonchev–Trinajstić information content (AvgIpc) is 3.21. The zero-order valence-electron chi connectivity index (χ0n) is 11.5. The molecule has 1 atom stereocenters. The second-order valence-corrected chi connectivity index (χ2v) is 6.00. The SMILES string of the molecule is CC(C)c1cccc(NC(N)=NC2CC23CC3)c1.I. The van der Waals surface area contributed by atoms with Gasteiger partial charge in [0, 0.05) is 5.69 Å². The van der Waals surface area contributed by atoms with Crippen molar-refractivity contribution in [1.29, 1.82) is 0 Å². The van der Waals surface area contributed by atoms with Crippen LogP contribution >= 0.6 is 24.0 Å². The van der Waals surface area contributed by atoms with Gasteiger partial charge < -0.3 is 11.1 Å². The molecule has 0 heterocycles. The number of anilines is 1. The van der Waals surface area contributed by atoms with Gasteiger partial charge in [-0.2, -0.15) is 0 Å². The molecular formula is C15H22IN3. The van der Waals surface area contributed by atoms with Gasteiger partial charge in [-0.25, -0.2) is 4.99 Å². The molecule has 1 aromatic rings. The Balaban J connectivity index is 0.00000133. The number of guanidine groups is 1. The molecule has 1 unspecified atom stereocenters. The highest BCUT2D eigenvalue weighted by Crippen LogP contribution is 2.67. The number of nitrogens with two attached hydrogens (primary N) is 1.